The summed E-state index contributed by atoms with van der Waals surface area (Å²) in [6, 6.07) is 35.5. The standard InChI is InChI=1S/C38H43FO5Si/c1-37(2,3)35(44-45(30-15-9-5-10-16-30)31-17-11-6-12-18-31)34-32(23-24-43-36(42)27-13-7-4-8-14-27)38(26-40,25-33(34)41)28-19-21-29(39)22-20-28/h4-22,32-35,40-41,45H,23-26H2,1-3H3. The molecular formula is C38H43FO5Si. The Morgan fingerprint density at radius 1 is 0.889 bits per heavy atom. The third-order valence-corrected chi connectivity index (χ3v) is 11.8. The molecule has 7 heteroatoms. The lowest BCUT2D eigenvalue weighted by Crippen LogP contribution is -2.54. The van der Waals surface area contributed by atoms with E-state index in [1.807, 2.05) is 42.5 Å². The topological polar surface area (TPSA) is 76.0 Å². The van der Waals surface area contributed by atoms with E-state index < -0.39 is 44.0 Å². The number of esters is 1. The van der Waals surface area contributed by atoms with Crippen molar-refractivity contribution in [3.63, 3.8) is 0 Å². The van der Waals surface area contributed by atoms with Crippen molar-refractivity contribution >= 4 is 25.4 Å². The molecule has 1 saturated carbocycles. The molecule has 236 valence electrons. The van der Waals surface area contributed by atoms with Crippen molar-refractivity contribution in [3.05, 3.63) is 132 Å². The number of hydrogen-bond acceptors (Lipinski definition) is 5. The van der Waals surface area contributed by atoms with Crippen LogP contribution in [0.15, 0.2) is 115 Å². The maximum atomic E-state index is 14.1. The molecule has 1 aliphatic rings. The van der Waals surface area contributed by atoms with Crippen molar-refractivity contribution in [1.29, 1.82) is 0 Å². The van der Waals surface area contributed by atoms with Crippen LogP contribution in [0.3, 0.4) is 0 Å². The SMILES string of the molecule is CC(C)(C)C(O[SiH](c1ccccc1)c1ccccc1)C1C(O)CC(CO)(c2ccc(F)cc2)C1CCOC(=O)c1ccccc1. The molecule has 5 atom stereocenters. The third kappa shape index (κ3) is 7.28. The molecule has 1 aliphatic carbocycles. The zero-order valence-corrected chi connectivity index (χ0v) is 27.3. The first-order valence-corrected chi connectivity index (χ1v) is 17.3. The van der Waals surface area contributed by atoms with Crippen molar-refractivity contribution in [2.75, 3.05) is 13.2 Å². The number of aliphatic hydroxyl groups is 2. The number of rotatable bonds is 11. The van der Waals surface area contributed by atoms with E-state index in [1.54, 1.807) is 36.4 Å². The lowest BCUT2D eigenvalue weighted by atomic mass is 9.66. The first-order chi connectivity index (χ1) is 21.6. The van der Waals surface area contributed by atoms with E-state index >= 15 is 0 Å². The predicted octanol–water partition coefficient (Wildman–Crippen LogP) is 5.27. The van der Waals surface area contributed by atoms with Crippen LogP contribution in [0.4, 0.5) is 4.39 Å². The minimum Gasteiger partial charge on any atom is -0.462 e. The molecule has 4 aromatic carbocycles. The molecule has 0 saturated heterocycles. The van der Waals surface area contributed by atoms with Crippen molar-refractivity contribution in [3.8, 4) is 0 Å². The van der Waals surface area contributed by atoms with Gasteiger partial charge in [-0.3, -0.25) is 0 Å². The van der Waals surface area contributed by atoms with Gasteiger partial charge in [-0.2, -0.15) is 0 Å². The summed E-state index contributed by atoms with van der Waals surface area (Å²) >= 11 is 0. The molecule has 2 N–H and O–H groups in total. The second-order valence-corrected chi connectivity index (χ2v) is 15.6. The zero-order chi connectivity index (χ0) is 32.0. The molecule has 0 amide bonds. The van der Waals surface area contributed by atoms with Gasteiger partial charge in [-0.25, -0.2) is 9.18 Å². The van der Waals surface area contributed by atoms with E-state index in [2.05, 4.69) is 45.0 Å². The van der Waals surface area contributed by atoms with Gasteiger partial charge in [-0.05, 0) is 64.4 Å². The molecule has 1 fully saturated rings. The summed E-state index contributed by atoms with van der Waals surface area (Å²) < 4.78 is 27.1. The number of hydrogen-bond donors (Lipinski definition) is 2. The van der Waals surface area contributed by atoms with E-state index in [-0.39, 0.29) is 31.4 Å². The van der Waals surface area contributed by atoms with E-state index in [0.717, 1.165) is 15.9 Å². The molecule has 0 spiro atoms. The fourth-order valence-electron chi connectivity index (χ4n) is 7.13. The maximum absolute atomic E-state index is 14.1. The van der Waals surface area contributed by atoms with Gasteiger partial charge in [0.25, 0.3) is 0 Å². The van der Waals surface area contributed by atoms with Gasteiger partial charge in [0.2, 0.25) is 9.04 Å². The summed E-state index contributed by atoms with van der Waals surface area (Å²) in [6.45, 7) is 6.21. The Morgan fingerprint density at radius 3 is 1.93 bits per heavy atom. The Bertz CT molecular complexity index is 1470. The Hall–Kier alpha value is -3.62. The first-order valence-electron chi connectivity index (χ1n) is 15.7. The van der Waals surface area contributed by atoms with E-state index in [0.29, 0.717) is 12.0 Å². The highest BCUT2D eigenvalue weighted by Gasteiger charge is 2.58. The molecule has 0 radical (unpaired) electrons. The maximum Gasteiger partial charge on any atom is 0.338 e. The number of ether oxygens (including phenoxy) is 1. The Balaban J connectivity index is 1.54. The number of aliphatic hydroxyl groups excluding tert-OH is 2. The number of benzene rings is 4. The summed E-state index contributed by atoms with van der Waals surface area (Å²) in [7, 11) is -2.24. The molecule has 0 aliphatic heterocycles. The largest absolute Gasteiger partial charge is 0.462 e. The normalized spacial score (nSPS) is 22.3. The second-order valence-electron chi connectivity index (χ2n) is 13.2. The number of carbonyl (C=O) groups is 1. The fraction of sp³-hybridized carbons (Fsp3) is 0.342. The summed E-state index contributed by atoms with van der Waals surface area (Å²) in [5, 5.41) is 25.3. The van der Waals surface area contributed by atoms with Crippen molar-refractivity contribution in [2.24, 2.45) is 17.3 Å². The van der Waals surface area contributed by atoms with Gasteiger partial charge >= 0.3 is 5.97 Å². The van der Waals surface area contributed by atoms with E-state index in [9.17, 15) is 19.4 Å². The highest BCUT2D eigenvalue weighted by atomic mass is 28.3. The predicted molar refractivity (Wildman–Crippen MR) is 178 cm³/mol. The zero-order valence-electron chi connectivity index (χ0n) is 26.2. The number of halogens is 1. The van der Waals surface area contributed by atoms with Crippen LogP contribution in [0.1, 0.15) is 49.5 Å². The van der Waals surface area contributed by atoms with Crippen molar-refractivity contribution < 1.29 is 28.6 Å². The van der Waals surface area contributed by atoms with Crippen molar-refractivity contribution in [2.45, 2.75) is 51.2 Å². The van der Waals surface area contributed by atoms with Crippen LogP contribution in [-0.4, -0.2) is 50.6 Å². The van der Waals surface area contributed by atoms with Gasteiger partial charge in [-0.15, -0.1) is 0 Å². The van der Waals surface area contributed by atoms with Crippen LogP contribution >= 0.6 is 0 Å². The van der Waals surface area contributed by atoms with Gasteiger partial charge < -0.3 is 19.4 Å². The Kier molecular flexibility index (Phi) is 10.3. The minimum atomic E-state index is -2.24. The van der Waals surface area contributed by atoms with Crippen molar-refractivity contribution in [1.82, 2.24) is 0 Å². The van der Waals surface area contributed by atoms with Crippen LogP contribution in [0.5, 0.6) is 0 Å². The van der Waals surface area contributed by atoms with Crippen LogP contribution in [-0.2, 0) is 14.6 Å². The fourth-order valence-corrected chi connectivity index (χ4v) is 9.85. The molecule has 45 heavy (non-hydrogen) atoms. The average Bonchev–Trinajstić information content (AvgIpc) is 3.33. The van der Waals surface area contributed by atoms with Gasteiger partial charge in [0, 0.05) is 11.3 Å². The Morgan fingerprint density at radius 2 is 1.42 bits per heavy atom. The molecule has 0 aromatic heterocycles. The molecule has 4 aromatic rings. The minimum absolute atomic E-state index is 0.0969. The monoisotopic (exact) mass is 626 g/mol. The summed E-state index contributed by atoms with van der Waals surface area (Å²) in [4.78, 5) is 12.9. The highest BCUT2D eigenvalue weighted by Crippen LogP contribution is 2.54. The van der Waals surface area contributed by atoms with Gasteiger partial charge in [0.15, 0.2) is 0 Å². The van der Waals surface area contributed by atoms with Crippen LogP contribution in [0.2, 0.25) is 0 Å². The quantitative estimate of drug-likeness (QED) is 0.175. The summed E-state index contributed by atoms with van der Waals surface area (Å²) in [5.74, 6) is -1.53. The van der Waals surface area contributed by atoms with Crippen LogP contribution in [0, 0.1) is 23.1 Å². The van der Waals surface area contributed by atoms with Crippen LogP contribution in [0.25, 0.3) is 0 Å². The molecule has 0 bridgehead atoms. The lowest BCUT2D eigenvalue weighted by Gasteiger charge is -2.44. The Labute approximate surface area is 267 Å². The average molecular weight is 627 g/mol. The van der Waals surface area contributed by atoms with E-state index in [1.165, 1.54) is 12.1 Å². The molecular weight excluding hydrogens is 583 g/mol. The molecule has 5 unspecified atom stereocenters. The smallest absolute Gasteiger partial charge is 0.338 e. The highest BCUT2D eigenvalue weighted by molar-refractivity contribution is 6.80. The molecule has 5 rings (SSSR count). The summed E-state index contributed by atoms with van der Waals surface area (Å²) in [5.41, 5.74) is -0.0727. The van der Waals surface area contributed by atoms with Gasteiger partial charge in [-0.1, -0.05) is 112 Å². The molecule has 5 nitrogen and oxygen atoms in total. The number of carbonyl (C=O) groups excluding carboxylic acids is 1. The second kappa shape index (κ2) is 14.2. The van der Waals surface area contributed by atoms with Gasteiger partial charge in [0.1, 0.15) is 5.82 Å². The van der Waals surface area contributed by atoms with Gasteiger partial charge in [0.05, 0.1) is 31.0 Å². The first kappa shape index (κ1) is 32.8. The third-order valence-electron chi connectivity index (χ3n) is 9.26. The van der Waals surface area contributed by atoms with E-state index in [4.69, 9.17) is 9.16 Å². The summed E-state index contributed by atoms with van der Waals surface area (Å²) in [6.07, 6.45) is -0.566. The lowest BCUT2D eigenvalue weighted by molar-refractivity contribution is -0.0383. The van der Waals surface area contributed by atoms with Crippen LogP contribution < -0.4 is 10.4 Å². The molecule has 0 heterocycles.